The molecule has 3 rings (SSSR count). The molecule has 6 N–H and O–H groups in total. The molecule has 0 unspecified atom stereocenters. The van der Waals surface area contributed by atoms with Crippen LogP contribution in [-0.2, 0) is 0 Å². The number of anilines is 1. The molecule has 0 bridgehead atoms. The highest BCUT2D eigenvalue weighted by Gasteiger charge is 2.31. The first-order valence-electron chi connectivity index (χ1n) is 8.59. The highest BCUT2D eigenvalue weighted by molar-refractivity contribution is 7.97. The van der Waals surface area contributed by atoms with Crippen LogP contribution in [0.5, 0.6) is 0 Å². The summed E-state index contributed by atoms with van der Waals surface area (Å²) in [5.74, 6) is 0.0135. The molecule has 132 valence electrons. The van der Waals surface area contributed by atoms with Gasteiger partial charge >= 0.3 is 0 Å². The van der Waals surface area contributed by atoms with Gasteiger partial charge in [-0.2, -0.15) is 0 Å². The van der Waals surface area contributed by atoms with Gasteiger partial charge in [-0.3, -0.25) is 10.1 Å². The fourth-order valence-corrected chi connectivity index (χ4v) is 4.32. The van der Waals surface area contributed by atoms with Gasteiger partial charge < -0.3 is 11.5 Å². The van der Waals surface area contributed by atoms with Crippen molar-refractivity contribution in [3.63, 3.8) is 0 Å². The third-order valence-electron chi connectivity index (χ3n) is 5.13. The first-order chi connectivity index (χ1) is 11.8. The minimum atomic E-state index is 0.0135. The van der Waals surface area contributed by atoms with Crippen LogP contribution in [0.4, 0.5) is 5.69 Å². The van der Waals surface area contributed by atoms with Gasteiger partial charge in [-0.25, -0.2) is 0 Å². The van der Waals surface area contributed by atoms with Crippen LogP contribution in [0.3, 0.4) is 0 Å². The summed E-state index contributed by atoms with van der Waals surface area (Å²) in [6, 6.07) is 10.3. The summed E-state index contributed by atoms with van der Waals surface area (Å²) in [5.41, 5.74) is 17.6. The average molecular weight is 355 g/mol. The highest BCUT2D eigenvalue weighted by atomic mass is 32.2. The minimum Gasteiger partial charge on any atom is -0.398 e. The second kappa shape index (κ2) is 6.73. The molecule has 1 aliphatic rings. The topological polar surface area (TPSA) is 87.9 Å². The summed E-state index contributed by atoms with van der Waals surface area (Å²) in [7, 11) is 0. The molecule has 4 nitrogen and oxygen atoms in total. The van der Waals surface area contributed by atoms with Crippen LogP contribution in [-0.4, -0.2) is 11.4 Å². The monoisotopic (exact) mass is 354 g/mol. The maximum Gasteiger partial charge on any atom is 0.125 e. The van der Waals surface area contributed by atoms with Gasteiger partial charge in [0.25, 0.3) is 0 Å². The highest BCUT2D eigenvalue weighted by Crippen LogP contribution is 2.36. The van der Waals surface area contributed by atoms with Gasteiger partial charge in [-0.05, 0) is 92.4 Å². The molecule has 25 heavy (non-hydrogen) atoms. The predicted molar refractivity (Wildman–Crippen MR) is 108 cm³/mol. The van der Waals surface area contributed by atoms with Gasteiger partial charge in [0.15, 0.2) is 0 Å². The average Bonchev–Trinajstić information content (AvgIpc) is 2.52. The lowest BCUT2D eigenvalue weighted by atomic mass is 9.80. The molecule has 0 radical (unpaired) electrons. The molecule has 2 aromatic carbocycles. The molecular weight excluding hydrogens is 328 g/mol. The summed E-state index contributed by atoms with van der Waals surface area (Å²) >= 11 is 1.71. The fraction of sp³-hybridized carbons (Fsp3) is 0.350. The van der Waals surface area contributed by atoms with Crippen LogP contribution in [0.1, 0.15) is 42.9 Å². The molecule has 0 amide bonds. The standard InChI is InChI=1S/C20H26N4S/c1-12-11-14(25-24-20(3)9-4-10-20)5-6-15(12)16-7-8-17(21)18(13(16)2)19(22)23/h5-8,11,24H,4,9-10,21H2,1-3H3,(H3,22,23). The van der Waals surface area contributed by atoms with E-state index in [-0.39, 0.29) is 11.4 Å². The van der Waals surface area contributed by atoms with Gasteiger partial charge in [-0.15, -0.1) is 0 Å². The van der Waals surface area contributed by atoms with Crippen molar-refractivity contribution in [2.45, 2.75) is 50.5 Å². The van der Waals surface area contributed by atoms with E-state index in [0.717, 1.165) is 16.7 Å². The van der Waals surface area contributed by atoms with Crippen molar-refractivity contribution < 1.29 is 0 Å². The summed E-state index contributed by atoms with van der Waals surface area (Å²) in [4.78, 5) is 1.22. The lowest BCUT2D eigenvalue weighted by molar-refractivity contribution is 0.255. The van der Waals surface area contributed by atoms with Crippen molar-refractivity contribution in [2.24, 2.45) is 5.73 Å². The number of hydrogen-bond donors (Lipinski definition) is 4. The zero-order valence-corrected chi connectivity index (χ0v) is 15.9. The van der Waals surface area contributed by atoms with Crippen LogP contribution in [0.25, 0.3) is 11.1 Å². The van der Waals surface area contributed by atoms with Crippen LogP contribution in [0.2, 0.25) is 0 Å². The molecule has 1 aliphatic carbocycles. The second-order valence-electron chi connectivity index (χ2n) is 7.21. The molecule has 0 saturated heterocycles. The van der Waals surface area contributed by atoms with Gasteiger partial charge in [0, 0.05) is 21.7 Å². The van der Waals surface area contributed by atoms with Crippen LogP contribution < -0.4 is 16.2 Å². The van der Waals surface area contributed by atoms with Crippen molar-refractivity contribution in [3.05, 3.63) is 47.0 Å². The molecule has 2 aromatic rings. The van der Waals surface area contributed by atoms with Gasteiger partial charge in [0.2, 0.25) is 0 Å². The Labute approximate surface area is 154 Å². The van der Waals surface area contributed by atoms with Crippen LogP contribution >= 0.6 is 11.9 Å². The van der Waals surface area contributed by atoms with Crippen molar-refractivity contribution in [2.75, 3.05) is 5.73 Å². The molecular formula is C20H26N4S. The van der Waals surface area contributed by atoms with E-state index in [9.17, 15) is 0 Å². The molecule has 0 atom stereocenters. The number of nitrogens with one attached hydrogen (secondary N) is 2. The largest absolute Gasteiger partial charge is 0.398 e. The van der Waals surface area contributed by atoms with Crippen molar-refractivity contribution in [3.8, 4) is 11.1 Å². The van der Waals surface area contributed by atoms with E-state index in [1.165, 1.54) is 29.7 Å². The lowest BCUT2D eigenvalue weighted by Gasteiger charge is -2.38. The molecule has 0 aromatic heterocycles. The summed E-state index contributed by atoms with van der Waals surface area (Å²) < 4.78 is 3.60. The van der Waals surface area contributed by atoms with E-state index in [1.54, 1.807) is 11.9 Å². The molecule has 1 saturated carbocycles. The molecule has 0 heterocycles. The third-order valence-corrected chi connectivity index (χ3v) is 6.21. The minimum absolute atomic E-state index is 0.0135. The Morgan fingerprint density at radius 2 is 1.84 bits per heavy atom. The van der Waals surface area contributed by atoms with Crippen LogP contribution in [0.15, 0.2) is 35.2 Å². The summed E-state index contributed by atoms with van der Waals surface area (Å²) in [6.45, 7) is 6.38. The van der Waals surface area contributed by atoms with Crippen molar-refractivity contribution in [1.82, 2.24) is 4.72 Å². The number of hydrogen-bond acceptors (Lipinski definition) is 4. The van der Waals surface area contributed by atoms with Gasteiger partial charge in [-0.1, -0.05) is 12.1 Å². The quantitative estimate of drug-likeness (QED) is 0.278. The first kappa shape index (κ1) is 17.8. The predicted octanol–water partition coefficient (Wildman–Crippen LogP) is 4.38. The van der Waals surface area contributed by atoms with Crippen molar-refractivity contribution >= 4 is 23.5 Å². The van der Waals surface area contributed by atoms with Crippen LogP contribution in [0, 0.1) is 19.3 Å². The Morgan fingerprint density at radius 1 is 1.16 bits per heavy atom. The van der Waals surface area contributed by atoms with E-state index in [0.29, 0.717) is 11.3 Å². The molecule has 5 heteroatoms. The Bertz CT molecular complexity index is 825. The molecule has 1 fully saturated rings. The van der Waals surface area contributed by atoms with E-state index < -0.39 is 0 Å². The zero-order chi connectivity index (χ0) is 18.2. The third kappa shape index (κ3) is 3.53. The smallest absolute Gasteiger partial charge is 0.125 e. The zero-order valence-electron chi connectivity index (χ0n) is 15.1. The Balaban J connectivity index is 1.88. The van der Waals surface area contributed by atoms with E-state index >= 15 is 0 Å². The first-order valence-corrected chi connectivity index (χ1v) is 9.41. The van der Waals surface area contributed by atoms with E-state index in [2.05, 4.69) is 36.8 Å². The summed E-state index contributed by atoms with van der Waals surface area (Å²) in [6.07, 6.45) is 3.81. The Morgan fingerprint density at radius 3 is 2.40 bits per heavy atom. The fourth-order valence-electron chi connectivity index (χ4n) is 3.38. The Kier molecular flexibility index (Phi) is 4.80. The SMILES string of the molecule is Cc1cc(SNC2(C)CCC2)ccc1-c1ccc(N)c(C(=N)N)c1C. The summed E-state index contributed by atoms with van der Waals surface area (Å²) in [5, 5.41) is 7.79. The normalized spacial score (nSPS) is 15.6. The van der Waals surface area contributed by atoms with E-state index in [4.69, 9.17) is 16.9 Å². The number of nitrogens with two attached hydrogens (primary N) is 2. The van der Waals surface area contributed by atoms with Gasteiger partial charge in [0.1, 0.15) is 5.84 Å². The Hall–Kier alpha value is -1.98. The number of aryl methyl sites for hydroxylation is 1. The number of benzene rings is 2. The second-order valence-corrected chi connectivity index (χ2v) is 8.09. The maximum atomic E-state index is 7.79. The maximum absolute atomic E-state index is 7.79. The van der Waals surface area contributed by atoms with Crippen molar-refractivity contribution in [1.29, 1.82) is 5.41 Å². The van der Waals surface area contributed by atoms with E-state index in [1.807, 2.05) is 19.1 Å². The lowest BCUT2D eigenvalue weighted by Crippen LogP contribution is -2.44. The number of amidine groups is 1. The number of rotatable bonds is 5. The van der Waals surface area contributed by atoms with Gasteiger partial charge in [0.05, 0.1) is 0 Å². The molecule has 0 spiro atoms. The molecule has 0 aliphatic heterocycles. The number of nitrogen functional groups attached to an aromatic ring is 2.